The average molecular weight is 488 g/mol. The number of ether oxygens (including phenoxy) is 2. The molecule has 0 radical (unpaired) electrons. The Bertz CT molecular complexity index is 1420. The molecule has 34 heavy (non-hydrogen) atoms. The van der Waals surface area contributed by atoms with E-state index < -0.39 is 24.4 Å². The molecule has 1 saturated carbocycles. The van der Waals surface area contributed by atoms with Gasteiger partial charge in [-0.25, -0.2) is 13.3 Å². The standard InChI is InChI=1S/C24H20ClF2N3O4/c1-33-21-9-18(6-7-20(21)34-13-23(32)11-24(26,27)12-23)29-14-28-30-10-16(8-19(30)22(29)31)15-2-4-17(25)5-3-15/h2-10,14,32H,11-13H2,1H3. The summed E-state index contributed by atoms with van der Waals surface area (Å²) in [5.74, 6) is -2.31. The number of hydrogen-bond donors (Lipinski definition) is 1. The zero-order chi connectivity index (χ0) is 24.1. The average Bonchev–Trinajstić information content (AvgIpc) is 3.22. The molecule has 1 fully saturated rings. The van der Waals surface area contributed by atoms with Gasteiger partial charge in [0, 0.05) is 35.7 Å². The summed E-state index contributed by atoms with van der Waals surface area (Å²) in [5.41, 5.74) is 0.703. The molecule has 0 amide bonds. The van der Waals surface area contributed by atoms with Gasteiger partial charge < -0.3 is 14.6 Å². The molecule has 2 aromatic heterocycles. The van der Waals surface area contributed by atoms with E-state index >= 15 is 0 Å². The van der Waals surface area contributed by atoms with Crippen LogP contribution in [0.15, 0.2) is 65.8 Å². The fourth-order valence-electron chi connectivity index (χ4n) is 4.13. The molecule has 0 bridgehead atoms. The first-order valence-electron chi connectivity index (χ1n) is 10.4. The Balaban J connectivity index is 1.43. The van der Waals surface area contributed by atoms with Gasteiger partial charge in [0.25, 0.3) is 11.5 Å². The number of hydrogen-bond acceptors (Lipinski definition) is 5. The zero-order valence-electron chi connectivity index (χ0n) is 18.0. The summed E-state index contributed by atoms with van der Waals surface area (Å²) < 4.78 is 40.0. The molecule has 4 aromatic rings. The van der Waals surface area contributed by atoms with Crippen LogP contribution in [0.3, 0.4) is 0 Å². The lowest BCUT2D eigenvalue weighted by atomic mass is 9.77. The molecule has 176 valence electrons. The second kappa shape index (κ2) is 8.11. The lowest BCUT2D eigenvalue weighted by Gasteiger charge is -2.42. The van der Waals surface area contributed by atoms with Gasteiger partial charge in [-0.2, -0.15) is 5.10 Å². The quantitative estimate of drug-likeness (QED) is 0.437. The topological polar surface area (TPSA) is 78.0 Å². The number of fused-ring (bicyclic) bond motifs is 1. The van der Waals surface area contributed by atoms with Crippen molar-refractivity contribution < 1.29 is 23.4 Å². The van der Waals surface area contributed by atoms with E-state index in [2.05, 4.69) is 5.10 Å². The van der Waals surface area contributed by atoms with Crippen LogP contribution in [-0.2, 0) is 0 Å². The molecule has 0 saturated heterocycles. The van der Waals surface area contributed by atoms with Crippen LogP contribution in [0.2, 0.25) is 5.02 Å². The van der Waals surface area contributed by atoms with Gasteiger partial charge in [0.05, 0.1) is 12.8 Å². The molecule has 1 aliphatic rings. The zero-order valence-corrected chi connectivity index (χ0v) is 18.8. The molecule has 2 aromatic carbocycles. The summed E-state index contributed by atoms with van der Waals surface area (Å²) in [6, 6.07) is 13.8. The molecule has 5 rings (SSSR count). The molecule has 0 unspecified atom stereocenters. The van der Waals surface area contributed by atoms with E-state index in [1.54, 1.807) is 42.6 Å². The lowest BCUT2D eigenvalue weighted by Crippen LogP contribution is -2.55. The van der Waals surface area contributed by atoms with E-state index in [0.29, 0.717) is 16.2 Å². The summed E-state index contributed by atoms with van der Waals surface area (Å²) in [6.07, 6.45) is 1.87. The van der Waals surface area contributed by atoms with Gasteiger partial charge in [-0.3, -0.25) is 9.36 Å². The van der Waals surface area contributed by atoms with E-state index in [0.717, 1.165) is 11.1 Å². The summed E-state index contributed by atoms with van der Waals surface area (Å²) in [5, 5.41) is 15.1. The molecule has 0 spiro atoms. The minimum Gasteiger partial charge on any atom is -0.493 e. The van der Waals surface area contributed by atoms with Crippen molar-refractivity contribution in [2.45, 2.75) is 24.4 Å². The number of methoxy groups -OCH3 is 1. The highest BCUT2D eigenvalue weighted by molar-refractivity contribution is 6.30. The van der Waals surface area contributed by atoms with E-state index in [1.807, 2.05) is 12.1 Å². The predicted octanol–water partition coefficient (Wildman–Crippen LogP) is 4.35. The largest absolute Gasteiger partial charge is 0.493 e. The summed E-state index contributed by atoms with van der Waals surface area (Å²) in [7, 11) is 1.42. The van der Waals surface area contributed by atoms with Crippen LogP contribution in [-0.4, -0.2) is 44.5 Å². The van der Waals surface area contributed by atoms with Crippen molar-refractivity contribution in [2.24, 2.45) is 0 Å². The van der Waals surface area contributed by atoms with Crippen LogP contribution in [0, 0.1) is 0 Å². The van der Waals surface area contributed by atoms with Crippen LogP contribution in [0.25, 0.3) is 22.3 Å². The molecule has 0 aliphatic heterocycles. The number of alkyl halides is 2. The normalized spacial score (nSPS) is 16.3. The van der Waals surface area contributed by atoms with Gasteiger partial charge in [-0.05, 0) is 35.9 Å². The third-order valence-electron chi connectivity index (χ3n) is 5.80. The molecule has 1 N–H and O–H groups in total. The number of nitrogens with zero attached hydrogens (tertiary/aromatic N) is 3. The second-order valence-electron chi connectivity index (χ2n) is 8.43. The molecular formula is C24H20ClF2N3O4. The van der Waals surface area contributed by atoms with Crippen LogP contribution in [0.4, 0.5) is 8.78 Å². The van der Waals surface area contributed by atoms with Gasteiger partial charge in [-0.1, -0.05) is 23.7 Å². The molecule has 2 heterocycles. The predicted molar refractivity (Wildman–Crippen MR) is 122 cm³/mol. The molecule has 7 nitrogen and oxygen atoms in total. The highest BCUT2D eigenvalue weighted by Gasteiger charge is 2.56. The fourth-order valence-corrected chi connectivity index (χ4v) is 4.25. The van der Waals surface area contributed by atoms with Crippen molar-refractivity contribution in [3.8, 4) is 28.3 Å². The van der Waals surface area contributed by atoms with Crippen molar-refractivity contribution >= 4 is 17.1 Å². The second-order valence-corrected chi connectivity index (χ2v) is 8.87. The minimum absolute atomic E-state index is 0.268. The monoisotopic (exact) mass is 487 g/mol. The SMILES string of the molecule is COc1cc(-n2cnn3cc(-c4ccc(Cl)cc4)cc3c2=O)ccc1OCC1(O)CC(F)(F)C1. The van der Waals surface area contributed by atoms with E-state index in [4.69, 9.17) is 21.1 Å². The van der Waals surface area contributed by atoms with Crippen molar-refractivity contribution in [1.82, 2.24) is 14.2 Å². The van der Waals surface area contributed by atoms with Crippen LogP contribution in [0.1, 0.15) is 12.8 Å². The van der Waals surface area contributed by atoms with Gasteiger partial charge in [0.1, 0.15) is 24.1 Å². The van der Waals surface area contributed by atoms with Crippen molar-refractivity contribution in [2.75, 3.05) is 13.7 Å². The Morgan fingerprint density at radius 1 is 1.09 bits per heavy atom. The Morgan fingerprint density at radius 2 is 1.82 bits per heavy atom. The van der Waals surface area contributed by atoms with Crippen molar-refractivity contribution in [1.29, 1.82) is 0 Å². The Kier molecular flexibility index (Phi) is 5.33. The Morgan fingerprint density at radius 3 is 2.50 bits per heavy atom. The maximum atomic E-state index is 13.2. The molecule has 10 heteroatoms. The van der Waals surface area contributed by atoms with Gasteiger partial charge in [0.2, 0.25) is 0 Å². The maximum absolute atomic E-state index is 13.2. The first kappa shape index (κ1) is 22.4. The molecular weight excluding hydrogens is 468 g/mol. The summed E-state index contributed by atoms with van der Waals surface area (Å²) in [4.78, 5) is 13.2. The Labute approximate surface area is 197 Å². The first-order valence-corrected chi connectivity index (χ1v) is 10.8. The Hall–Kier alpha value is -3.43. The highest BCUT2D eigenvalue weighted by Crippen LogP contribution is 2.46. The van der Waals surface area contributed by atoms with Crippen molar-refractivity contribution in [3.63, 3.8) is 0 Å². The lowest BCUT2D eigenvalue weighted by molar-refractivity contribution is -0.215. The fraction of sp³-hybridized carbons (Fsp3) is 0.250. The first-order chi connectivity index (χ1) is 16.2. The number of halogens is 3. The van der Waals surface area contributed by atoms with Crippen molar-refractivity contribution in [3.05, 3.63) is 76.4 Å². The maximum Gasteiger partial charge on any atom is 0.282 e. The number of aromatic nitrogens is 3. The number of rotatable bonds is 6. The van der Waals surface area contributed by atoms with Crippen LogP contribution >= 0.6 is 11.6 Å². The van der Waals surface area contributed by atoms with Crippen LogP contribution < -0.4 is 15.0 Å². The highest BCUT2D eigenvalue weighted by atomic mass is 35.5. The van der Waals surface area contributed by atoms with Gasteiger partial charge >= 0.3 is 0 Å². The molecule has 1 aliphatic carbocycles. The van der Waals surface area contributed by atoms with E-state index in [9.17, 15) is 18.7 Å². The summed E-state index contributed by atoms with van der Waals surface area (Å²) in [6.45, 7) is -0.288. The van der Waals surface area contributed by atoms with E-state index in [1.165, 1.54) is 22.5 Å². The summed E-state index contributed by atoms with van der Waals surface area (Å²) >= 11 is 5.96. The van der Waals surface area contributed by atoms with Crippen LogP contribution in [0.5, 0.6) is 11.5 Å². The number of benzene rings is 2. The third-order valence-corrected chi connectivity index (χ3v) is 6.06. The third kappa shape index (κ3) is 4.12. The van der Waals surface area contributed by atoms with Gasteiger partial charge in [0.15, 0.2) is 11.5 Å². The van der Waals surface area contributed by atoms with E-state index in [-0.39, 0.29) is 23.7 Å². The minimum atomic E-state index is -2.87. The molecule has 0 atom stereocenters. The smallest absolute Gasteiger partial charge is 0.282 e. The number of aliphatic hydroxyl groups is 1. The van der Waals surface area contributed by atoms with Gasteiger partial charge in [-0.15, -0.1) is 0 Å².